The average molecular weight is 378 g/mol. The molecule has 0 saturated carbocycles. The number of esters is 1. The van der Waals surface area contributed by atoms with Crippen LogP contribution in [0.15, 0.2) is 72.8 Å². The predicted octanol–water partition coefficient (Wildman–Crippen LogP) is 4.69. The van der Waals surface area contributed by atoms with Crippen LogP contribution in [-0.4, -0.2) is 30.9 Å². The molecule has 0 heterocycles. The van der Waals surface area contributed by atoms with E-state index in [0.29, 0.717) is 17.9 Å². The van der Waals surface area contributed by atoms with E-state index >= 15 is 0 Å². The monoisotopic (exact) mass is 378 g/mol. The van der Waals surface area contributed by atoms with Crippen molar-refractivity contribution in [3.05, 3.63) is 78.4 Å². The van der Waals surface area contributed by atoms with Crippen molar-refractivity contribution in [3.8, 4) is 28.4 Å². The number of phenols is 1. The number of ether oxygens (including phenoxy) is 3. The lowest BCUT2D eigenvalue weighted by atomic mass is 10.0. The molecule has 0 aliphatic carbocycles. The second-order valence-electron chi connectivity index (χ2n) is 6.01. The third-order valence-electron chi connectivity index (χ3n) is 4.04. The highest BCUT2D eigenvalue weighted by Gasteiger charge is 2.08. The molecule has 0 saturated heterocycles. The zero-order valence-corrected chi connectivity index (χ0v) is 15.6. The topological polar surface area (TPSA) is 65.0 Å². The summed E-state index contributed by atoms with van der Waals surface area (Å²) in [6, 6.07) is 21.3. The average Bonchev–Trinajstić information content (AvgIpc) is 2.73. The van der Waals surface area contributed by atoms with Gasteiger partial charge in [-0.25, -0.2) is 4.79 Å². The van der Waals surface area contributed by atoms with E-state index in [0.717, 1.165) is 16.9 Å². The first-order valence-corrected chi connectivity index (χ1v) is 9.08. The quantitative estimate of drug-likeness (QED) is 0.455. The van der Waals surface area contributed by atoms with Gasteiger partial charge in [0, 0.05) is 0 Å². The van der Waals surface area contributed by atoms with Crippen molar-refractivity contribution < 1.29 is 24.1 Å². The standard InChI is InChI=1S/C23H22O5/c1-2-26-21-11-13-22(14-12-21)27-15-16-28-23(25)19-5-3-17(4-6-19)18-7-9-20(24)10-8-18/h3-14,24H,2,15-16H2,1H3. The molecule has 5 nitrogen and oxygen atoms in total. The van der Waals surface area contributed by atoms with E-state index in [1.54, 1.807) is 24.3 Å². The van der Waals surface area contributed by atoms with Gasteiger partial charge < -0.3 is 19.3 Å². The van der Waals surface area contributed by atoms with Gasteiger partial charge >= 0.3 is 5.97 Å². The summed E-state index contributed by atoms with van der Waals surface area (Å²) in [6.07, 6.45) is 0. The van der Waals surface area contributed by atoms with E-state index in [1.165, 1.54) is 0 Å². The van der Waals surface area contributed by atoms with E-state index in [1.807, 2.05) is 55.5 Å². The fourth-order valence-electron chi connectivity index (χ4n) is 2.63. The van der Waals surface area contributed by atoms with Crippen LogP contribution in [0, 0.1) is 0 Å². The Balaban J connectivity index is 1.46. The van der Waals surface area contributed by atoms with Crippen LogP contribution in [0.1, 0.15) is 17.3 Å². The molecule has 28 heavy (non-hydrogen) atoms. The van der Waals surface area contributed by atoms with E-state index in [2.05, 4.69) is 0 Å². The van der Waals surface area contributed by atoms with Gasteiger partial charge in [-0.3, -0.25) is 0 Å². The Morgan fingerprint density at radius 2 is 1.29 bits per heavy atom. The fraction of sp³-hybridized carbons (Fsp3) is 0.174. The number of aromatic hydroxyl groups is 1. The molecule has 0 radical (unpaired) electrons. The van der Waals surface area contributed by atoms with Crippen molar-refractivity contribution in [1.29, 1.82) is 0 Å². The maximum atomic E-state index is 12.1. The lowest BCUT2D eigenvalue weighted by molar-refractivity contribution is 0.0450. The molecule has 0 fully saturated rings. The first-order chi connectivity index (χ1) is 13.7. The maximum absolute atomic E-state index is 12.1. The van der Waals surface area contributed by atoms with Crippen LogP contribution < -0.4 is 9.47 Å². The lowest BCUT2D eigenvalue weighted by Gasteiger charge is -2.09. The highest BCUT2D eigenvalue weighted by atomic mass is 16.6. The number of phenolic OH excluding ortho intramolecular Hbond substituents is 1. The zero-order chi connectivity index (χ0) is 19.8. The van der Waals surface area contributed by atoms with Crippen LogP contribution >= 0.6 is 0 Å². The molecule has 144 valence electrons. The minimum Gasteiger partial charge on any atom is -0.508 e. The number of carbonyl (C=O) groups excluding carboxylic acids is 1. The van der Waals surface area contributed by atoms with Crippen molar-refractivity contribution in [1.82, 2.24) is 0 Å². The summed E-state index contributed by atoms with van der Waals surface area (Å²) in [5.74, 6) is 1.30. The summed E-state index contributed by atoms with van der Waals surface area (Å²) < 4.78 is 16.2. The summed E-state index contributed by atoms with van der Waals surface area (Å²) in [5, 5.41) is 9.35. The van der Waals surface area contributed by atoms with Crippen molar-refractivity contribution in [2.45, 2.75) is 6.92 Å². The molecule has 0 aliphatic rings. The molecule has 0 unspecified atom stereocenters. The Bertz CT molecular complexity index is 884. The van der Waals surface area contributed by atoms with Gasteiger partial charge in [0.1, 0.15) is 30.5 Å². The van der Waals surface area contributed by atoms with Crippen molar-refractivity contribution >= 4 is 5.97 Å². The lowest BCUT2D eigenvalue weighted by Crippen LogP contribution is -2.12. The van der Waals surface area contributed by atoms with E-state index in [9.17, 15) is 9.90 Å². The first-order valence-electron chi connectivity index (χ1n) is 9.08. The number of hydrogen-bond acceptors (Lipinski definition) is 5. The number of benzene rings is 3. The Labute approximate surface area is 164 Å². The summed E-state index contributed by atoms with van der Waals surface area (Å²) in [7, 11) is 0. The largest absolute Gasteiger partial charge is 0.508 e. The molecule has 1 N–H and O–H groups in total. The number of hydrogen-bond donors (Lipinski definition) is 1. The van der Waals surface area contributed by atoms with Gasteiger partial charge in [-0.2, -0.15) is 0 Å². The van der Waals surface area contributed by atoms with Crippen LogP contribution in [-0.2, 0) is 4.74 Å². The van der Waals surface area contributed by atoms with Crippen molar-refractivity contribution in [3.63, 3.8) is 0 Å². The Hall–Kier alpha value is -3.47. The second-order valence-corrected chi connectivity index (χ2v) is 6.01. The second kappa shape index (κ2) is 9.46. The molecule has 3 aromatic rings. The minimum atomic E-state index is -0.396. The molecule has 0 amide bonds. The predicted molar refractivity (Wildman–Crippen MR) is 107 cm³/mol. The zero-order valence-electron chi connectivity index (χ0n) is 15.6. The molecule has 5 heteroatoms. The summed E-state index contributed by atoms with van der Waals surface area (Å²) in [5.41, 5.74) is 2.39. The third kappa shape index (κ3) is 5.27. The molecular weight excluding hydrogens is 356 g/mol. The smallest absolute Gasteiger partial charge is 0.338 e. The maximum Gasteiger partial charge on any atom is 0.338 e. The van der Waals surface area contributed by atoms with Crippen molar-refractivity contribution in [2.75, 3.05) is 19.8 Å². The van der Waals surface area contributed by atoms with Crippen LogP contribution in [0.25, 0.3) is 11.1 Å². The fourth-order valence-corrected chi connectivity index (χ4v) is 2.63. The Morgan fingerprint density at radius 3 is 1.86 bits per heavy atom. The molecule has 3 aromatic carbocycles. The normalized spacial score (nSPS) is 10.3. The molecule has 0 atom stereocenters. The Kier molecular flexibility index (Phi) is 6.52. The van der Waals surface area contributed by atoms with Crippen LogP contribution in [0.3, 0.4) is 0 Å². The van der Waals surface area contributed by atoms with E-state index in [-0.39, 0.29) is 19.0 Å². The molecule has 0 aromatic heterocycles. The van der Waals surface area contributed by atoms with E-state index < -0.39 is 5.97 Å². The van der Waals surface area contributed by atoms with Crippen LogP contribution in [0.2, 0.25) is 0 Å². The SMILES string of the molecule is CCOc1ccc(OCCOC(=O)c2ccc(-c3ccc(O)cc3)cc2)cc1. The summed E-state index contributed by atoms with van der Waals surface area (Å²) in [6.45, 7) is 2.98. The van der Waals surface area contributed by atoms with Crippen molar-refractivity contribution in [2.24, 2.45) is 0 Å². The number of carbonyl (C=O) groups is 1. The molecule has 0 spiro atoms. The van der Waals surface area contributed by atoms with Crippen LogP contribution in [0.4, 0.5) is 0 Å². The third-order valence-corrected chi connectivity index (χ3v) is 4.04. The molecule has 3 rings (SSSR count). The van der Waals surface area contributed by atoms with Gasteiger partial charge in [-0.15, -0.1) is 0 Å². The molecule has 0 bridgehead atoms. The van der Waals surface area contributed by atoms with Gasteiger partial charge in [0.15, 0.2) is 0 Å². The van der Waals surface area contributed by atoms with Gasteiger partial charge in [-0.1, -0.05) is 24.3 Å². The molecule has 0 aliphatic heterocycles. The van der Waals surface area contributed by atoms with E-state index in [4.69, 9.17) is 14.2 Å². The number of rotatable bonds is 8. The van der Waals surface area contributed by atoms with Gasteiger partial charge in [0.2, 0.25) is 0 Å². The van der Waals surface area contributed by atoms with Crippen LogP contribution in [0.5, 0.6) is 17.2 Å². The Morgan fingerprint density at radius 1 is 0.750 bits per heavy atom. The molecular formula is C23H22O5. The summed E-state index contributed by atoms with van der Waals surface area (Å²) >= 11 is 0. The highest BCUT2D eigenvalue weighted by Crippen LogP contribution is 2.22. The minimum absolute atomic E-state index is 0.158. The van der Waals surface area contributed by atoms with Gasteiger partial charge in [-0.05, 0) is 66.6 Å². The van der Waals surface area contributed by atoms with Gasteiger partial charge in [0.25, 0.3) is 0 Å². The highest BCUT2D eigenvalue weighted by molar-refractivity contribution is 5.90. The van der Waals surface area contributed by atoms with Gasteiger partial charge in [0.05, 0.1) is 12.2 Å². The summed E-state index contributed by atoms with van der Waals surface area (Å²) in [4.78, 5) is 12.1. The first kappa shape index (κ1) is 19.3.